The van der Waals surface area contributed by atoms with Gasteiger partial charge in [-0.2, -0.15) is 0 Å². The summed E-state index contributed by atoms with van der Waals surface area (Å²) in [5.74, 6) is 0.483. The fourth-order valence-corrected chi connectivity index (χ4v) is 3.44. The van der Waals surface area contributed by atoms with E-state index in [2.05, 4.69) is 48.3 Å². The second-order valence-corrected chi connectivity index (χ2v) is 7.11. The van der Waals surface area contributed by atoms with Crippen LogP contribution >= 0.6 is 0 Å². The van der Waals surface area contributed by atoms with E-state index < -0.39 is 0 Å². The van der Waals surface area contributed by atoms with Crippen molar-refractivity contribution in [3.63, 3.8) is 0 Å². The molecule has 23 heavy (non-hydrogen) atoms. The van der Waals surface area contributed by atoms with E-state index in [1.807, 2.05) is 0 Å². The van der Waals surface area contributed by atoms with Gasteiger partial charge in [-0.25, -0.2) is 0 Å². The molecule has 1 saturated carbocycles. The Morgan fingerprint density at radius 1 is 1.13 bits per heavy atom. The van der Waals surface area contributed by atoms with Gasteiger partial charge in [0.05, 0.1) is 12.2 Å². The maximum absolute atomic E-state index is 11.9. The molecular formula is C19H28N2O2. The van der Waals surface area contributed by atoms with Crippen LogP contribution in [0.1, 0.15) is 44.2 Å². The van der Waals surface area contributed by atoms with E-state index in [-0.39, 0.29) is 11.8 Å². The number of benzene rings is 1. The van der Waals surface area contributed by atoms with Crippen LogP contribution in [0, 0.1) is 5.92 Å². The Balaban J connectivity index is 1.47. The van der Waals surface area contributed by atoms with Crippen molar-refractivity contribution in [3.05, 3.63) is 35.4 Å². The molecule has 1 aliphatic heterocycles. The molecule has 4 heteroatoms. The predicted molar refractivity (Wildman–Crippen MR) is 90.9 cm³/mol. The van der Waals surface area contributed by atoms with E-state index >= 15 is 0 Å². The molecule has 1 N–H and O–H groups in total. The molecule has 126 valence electrons. The zero-order valence-electron chi connectivity index (χ0n) is 14.3. The van der Waals surface area contributed by atoms with Crippen molar-refractivity contribution in [1.82, 2.24) is 10.2 Å². The van der Waals surface area contributed by atoms with Crippen LogP contribution in [0.2, 0.25) is 0 Å². The van der Waals surface area contributed by atoms with Gasteiger partial charge < -0.3 is 10.1 Å². The first kappa shape index (κ1) is 16.5. The summed E-state index contributed by atoms with van der Waals surface area (Å²) < 4.78 is 5.78. The monoisotopic (exact) mass is 316 g/mol. The normalized spacial score (nSPS) is 25.8. The average molecular weight is 316 g/mol. The standard InChI is InChI=1S/C19H28N2O2/c1-14-11-21(12-15(2)23-14)13-17-8-6-16(7-9-17)10-20-19(22)18-4-3-5-18/h6-9,14-15,18H,3-5,10-13H2,1-2H3,(H,20,22)/t14-,15+. The van der Waals surface area contributed by atoms with E-state index in [1.165, 1.54) is 17.5 Å². The van der Waals surface area contributed by atoms with Gasteiger partial charge in [0.1, 0.15) is 0 Å². The van der Waals surface area contributed by atoms with Gasteiger partial charge >= 0.3 is 0 Å². The summed E-state index contributed by atoms with van der Waals surface area (Å²) in [6, 6.07) is 8.61. The highest BCUT2D eigenvalue weighted by atomic mass is 16.5. The first-order valence-electron chi connectivity index (χ1n) is 8.83. The number of morpholine rings is 1. The van der Waals surface area contributed by atoms with Crippen molar-refractivity contribution < 1.29 is 9.53 Å². The number of nitrogens with one attached hydrogen (secondary N) is 1. The molecule has 2 atom stereocenters. The van der Waals surface area contributed by atoms with Gasteiger partial charge in [0.2, 0.25) is 5.91 Å². The highest BCUT2D eigenvalue weighted by molar-refractivity contribution is 5.79. The lowest BCUT2D eigenvalue weighted by molar-refractivity contribution is -0.127. The smallest absolute Gasteiger partial charge is 0.223 e. The number of carbonyl (C=O) groups excluding carboxylic acids is 1. The molecule has 0 aromatic heterocycles. The number of rotatable bonds is 5. The van der Waals surface area contributed by atoms with Gasteiger partial charge in [-0.1, -0.05) is 30.7 Å². The van der Waals surface area contributed by atoms with Crippen LogP contribution in [0.5, 0.6) is 0 Å². The minimum atomic E-state index is 0.219. The summed E-state index contributed by atoms with van der Waals surface area (Å²) in [6.07, 6.45) is 3.92. The number of ether oxygens (including phenoxy) is 1. The first-order chi connectivity index (χ1) is 11.1. The molecule has 0 radical (unpaired) electrons. The van der Waals surface area contributed by atoms with Crippen LogP contribution in [0.4, 0.5) is 0 Å². The number of nitrogens with zero attached hydrogens (tertiary/aromatic N) is 1. The molecule has 1 aromatic carbocycles. The van der Waals surface area contributed by atoms with Crippen LogP contribution in [-0.2, 0) is 22.6 Å². The molecule has 0 unspecified atom stereocenters. The Morgan fingerprint density at radius 3 is 2.30 bits per heavy atom. The third kappa shape index (κ3) is 4.55. The SMILES string of the molecule is C[C@@H]1CN(Cc2ccc(CNC(=O)C3CCC3)cc2)C[C@H](C)O1. The van der Waals surface area contributed by atoms with Crippen LogP contribution in [-0.4, -0.2) is 36.1 Å². The quantitative estimate of drug-likeness (QED) is 0.908. The minimum Gasteiger partial charge on any atom is -0.373 e. The molecular weight excluding hydrogens is 288 g/mol. The Labute approximate surface area is 139 Å². The van der Waals surface area contributed by atoms with E-state index in [0.717, 1.165) is 32.5 Å². The lowest BCUT2D eigenvalue weighted by Crippen LogP contribution is -2.44. The van der Waals surface area contributed by atoms with Crippen molar-refractivity contribution in [1.29, 1.82) is 0 Å². The molecule has 0 spiro atoms. The van der Waals surface area contributed by atoms with E-state index in [1.54, 1.807) is 0 Å². The fraction of sp³-hybridized carbons (Fsp3) is 0.632. The third-order valence-electron chi connectivity index (χ3n) is 4.87. The molecule has 3 rings (SSSR count). The van der Waals surface area contributed by atoms with Gasteiger partial charge in [0.15, 0.2) is 0 Å². The summed E-state index contributed by atoms with van der Waals surface area (Å²) in [4.78, 5) is 14.3. The van der Waals surface area contributed by atoms with E-state index in [4.69, 9.17) is 4.74 Å². The lowest BCUT2D eigenvalue weighted by Gasteiger charge is -2.35. The Morgan fingerprint density at radius 2 is 1.74 bits per heavy atom. The molecule has 0 bridgehead atoms. The van der Waals surface area contributed by atoms with Crippen molar-refractivity contribution in [2.75, 3.05) is 13.1 Å². The fourth-order valence-electron chi connectivity index (χ4n) is 3.44. The highest BCUT2D eigenvalue weighted by Gasteiger charge is 2.24. The summed E-state index contributed by atoms with van der Waals surface area (Å²) in [6.45, 7) is 7.86. The van der Waals surface area contributed by atoms with Crippen LogP contribution in [0.25, 0.3) is 0 Å². The first-order valence-corrected chi connectivity index (χ1v) is 8.83. The van der Waals surface area contributed by atoms with Crippen LogP contribution < -0.4 is 5.32 Å². The molecule has 2 fully saturated rings. The molecule has 1 amide bonds. The molecule has 4 nitrogen and oxygen atoms in total. The van der Waals surface area contributed by atoms with Crippen LogP contribution in [0.15, 0.2) is 24.3 Å². The minimum absolute atomic E-state index is 0.219. The Bertz CT molecular complexity index is 515. The largest absolute Gasteiger partial charge is 0.373 e. The zero-order chi connectivity index (χ0) is 16.2. The second-order valence-electron chi connectivity index (χ2n) is 7.11. The summed E-state index contributed by atoms with van der Waals surface area (Å²) in [5.41, 5.74) is 2.49. The van der Waals surface area contributed by atoms with Crippen molar-refractivity contribution >= 4 is 5.91 Å². The van der Waals surface area contributed by atoms with Gasteiger partial charge in [0.25, 0.3) is 0 Å². The van der Waals surface area contributed by atoms with E-state index in [0.29, 0.717) is 18.8 Å². The van der Waals surface area contributed by atoms with Crippen molar-refractivity contribution in [3.8, 4) is 0 Å². The van der Waals surface area contributed by atoms with Gasteiger partial charge in [-0.05, 0) is 37.8 Å². The number of carbonyl (C=O) groups is 1. The predicted octanol–water partition coefficient (Wildman–Crippen LogP) is 2.71. The van der Waals surface area contributed by atoms with E-state index in [9.17, 15) is 4.79 Å². The molecule has 1 heterocycles. The molecule has 1 saturated heterocycles. The highest BCUT2D eigenvalue weighted by Crippen LogP contribution is 2.26. The Hall–Kier alpha value is -1.39. The topological polar surface area (TPSA) is 41.6 Å². The number of hydrogen-bond donors (Lipinski definition) is 1. The lowest BCUT2D eigenvalue weighted by atomic mass is 9.85. The summed E-state index contributed by atoms with van der Waals surface area (Å²) >= 11 is 0. The third-order valence-corrected chi connectivity index (χ3v) is 4.87. The summed E-state index contributed by atoms with van der Waals surface area (Å²) in [5, 5.41) is 3.05. The zero-order valence-corrected chi connectivity index (χ0v) is 14.3. The number of amides is 1. The summed E-state index contributed by atoms with van der Waals surface area (Å²) in [7, 11) is 0. The van der Waals surface area contributed by atoms with Crippen molar-refractivity contribution in [2.24, 2.45) is 5.92 Å². The maximum atomic E-state index is 11.9. The van der Waals surface area contributed by atoms with Gasteiger partial charge in [0, 0.05) is 32.1 Å². The molecule has 2 aliphatic rings. The molecule has 1 aliphatic carbocycles. The van der Waals surface area contributed by atoms with Gasteiger partial charge in [-0.3, -0.25) is 9.69 Å². The maximum Gasteiger partial charge on any atom is 0.223 e. The number of hydrogen-bond acceptors (Lipinski definition) is 3. The van der Waals surface area contributed by atoms with Gasteiger partial charge in [-0.15, -0.1) is 0 Å². The second kappa shape index (κ2) is 7.45. The van der Waals surface area contributed by atoms with Crippen molar-refractivity contribution in [2.45, 2.75) is 58.4 Å². The molecule has 1 aromatic rings. The van der Waals surface area contributed by atoms with Crippen LogP contribution in [0.3, 0.4) is 0 Å². The average Bonchev–Trinajstić information content (AvgIpc) is 2.43. The Kier molecular flexibility index (Phi) is 5.34.